The van der Waals surface area contributed by atoms with Crippen LogP contribution < -0.4 is 10.6 Å². The van der Waals surface area contributed by atoms with E-state index < -0.39 is 0 Å². The molecule has 2 atom stereocenters. The van der Waals surface area contributed by atoms with Crippen LogP contribution in [0.4, 0.5) is 10.5 Å². The van der Waals surface area contributed by atoms with Crippen molar-refractivity contribution in [1.82, 2.24) is 5.32 Å². The molecule has 1 rings (SSSR count). The number of nitrogens with one attached hydrogen (secondary N) is 2. The Labute approximate surface area is 120 Å². The number of carbonyl (C=O) groups is 1. The third kappa shape index (κ3) is 5.11. The zero-order chi connectivity index (χ0) is 14.3. The Morgan fingerprint density at radius 3 is 2.32 bits per heavy atom. The van der Waals surface area contributed by atoms with Gasteiger partial charge in [0.15, 0.2) is 0 Å². The molecule has 0 radical (unpaired) electrons. The topological polar surface area (TPSA) is 41.1 Å². The lowest BCUT2D eigenvalue weighted by Crippen LogP contribution is -2.38. The number of anilines is 1. The number of hydrogen-bond acceptors (Lipinski definition) is 1. The number of hydrogen-bond donors (Lipinski definition) is 2. The lowest BCUT2D eigenvalue weighted by molar-refractivity contribution is 0.249. The minimum absolute atomic E-state index is 0.0149. The summed E-state index contributed by atoms with van der Waals surface area (Å²) in [5, 5.41) is 5.65. The molecule has 4 heteroatoms. The van der Waals surface area contributed by atoms with Crippen molar-refractivity contribution in [2.45, 2.75) is 45.6 Å². The normalized spacial score (nSPS) is 13.7. The van der Waals surface area contributed by atoms with E-state index >= 15 is 0 Å². The van der Waals surface area contributed by atoms with Crippen LogP contribution in [0.15, 0.2) is 24.3 Å². The van der Waals surface area contributed by atoms with Crippen LogP contribution in [0.3, 0.4) is 0 Å². The molecule has 2 amide bonds. The van der Waals surface area contributed by atoms with E-state index in [0.717, 1.165) is 18.5 Å². The molecule has 0 aliphatic heterocycles. The first-order valence-electron chi connectivity index (χ1n) is 6.84. The number of carbonyl (C=O) groups excluding carboxylic acids is 1. The quantitative estimate of drug-likeness (QED) is 0.749. The Kier molecular flexibility index (Phi) is 6.71. The summed E-state index contributed by atoms with van der Waals surface area (Å²) < 4.78 is 0. The second-order valence-corrected chi connectivity index (χ2v) is 5.10. The molecule has 0 bridgehead atoms. The largest absolute Gasteiger partial charge is 0.334 e. The highest BCUT2D eigenvalue weighted by Gasteiger charge is 2.09. The van der Waals surface area contributed by atoms with Gasteiger partial charge >= 0.3 is 6.03 Å². The summed E-state index contributed by atoms with van der Waals surface area (Å²) in [6, 6.07) is 7.79. The van der Waals surface area contributed by atoms with Gasteiger partial charge in [0.2, 0.25) is 0 Å². The molecule has 0 fully saturated rings. The Bertz CT molecular complexity index is 388. The van der Waals surface area contributed by atoms with Gasteiger partial charge in [0.1, 0.15) is 0 Å². The van der Waals surface area contributed by atoms with Crippen LogP contribution in [0.2, 0.25) is 0 Å². The molecule has 0 saturated heterocycles. The van der Waals surface area contributed by atoms with Crippen LogP contribution >= 0.6 is 11.6 Å². The Morgan fingerprint density at radius 2 is 1.84 bits per heavy atom. The molecule has 0 aliphatic carbocycles. The SMILES string of the molecule is CC[C@@H](CCl)NC(=O)Nc1ccc([C@@H](C)CC)cc1. The standard InChI is InChI=1S/C15H23ClN2O/c1-4-11(3)12-6-8-14(9-7-12)18-15(19)17-13(5-2)10-16/h6-9,11,13H,4-5,10H2,1-3H3,(H2,17,18,19)/t11-,13-/m0/s1. The van der Waals surface area contributed by atoms with Crippen molar-refractivity contribution in [2.75, 3.05) is 11.2 Å². The fraction of sp³-hybridized carbons (Fsp3) is 0.533. The highest BCUT2D eigenvalue weighted by Crippen LogP contribution is 2.20. The van der Waals surface area contributed by atoms with E-state index in [4.69, 9.17) is 11.6 Å². The molecule has 106 valence electrons. The molecule has 0 spiro atoms. The first-order chi connectivity index (χ1) is 9.10. The van der Waals surface area contributed by atoms with Crippen molar-refractivity contribution in [3.8, 4) is 0 Å². The molecule has 0 aliphatic rings. The van der Waals surface area contributed by atoms with Gasteiger partial charge in [0.25, 0.3) is 0 Å². The average molecular weight is 283 g/mol. The van der Waals surface area contributed by atoms with E-state index in [9.17, 15) is 4.79 Å². The number of benzene rings is 1. The summed E-state index contributed by atoms with van der Waals surface area (Å²) in [5.41, 5.74) is 2.09. The van der Waals surface area contributed by atoms with E-state index in [0.29, 0.717) is 11.8 Å². The van der Waals surface area contributed by atoms with E-state index in [1.165, 1.54) is 5.56 Å². The van der Waals surface area contributed by atoms with E-state index in [2.05, 4.69) is 36.6 Å². The van der Waals surface area contributed by atoms with Crippen LogP contribution in [0.25, 0.3) is 0 Å². The fourth-order valence-electron chi connectivity index (χ4n) is 1.73. The minimum Gasteiger partial charge on any atom is -0.334 e. The summed E-state index contributed by atoms with van der Waals surface area (Å²) in [7, 11) is 0. The molecule has 2 N–H and O–H groups in total. The van der Waals surface area contributed by atoms with Gasteiger partial charge in [-0.05, 0) is 36.5 Å². The third-order valence-corrected chi connectivity index (χ3v) is 3.74. The molecule has 19 heavy (non-hydrogen) atoms. The number of rotatable bonds is 6. The van der Waals surface area contributed by atoms with Gasteiger partial charge in [-0.2, -0.15) is 0 Å². The van der Waals surface area contributed by atoms with E-state index in [-0.39, 0.29) is 12.1 Å². The Morgan fingerprint density at radius 1 is 1.21 bits per heavy atom. The van der Waals surface area contributed by atoms with Crippen LogP contribution in [0.5, 0.6) is 0 Å². The van der Waals surface area contributed by atoms with Crippen molar-refractivity contribution in [1.29, 1.82) is 0 Å². The van der Waals surface area contributed by atoms with Gasteiger partial charge in [0.05, 0.1) is 0 Å². The van der Waals surface area contributed by atoms with Crippen molar-refractivity contribution in [3.05, 3.63) is 29.8 Å². The molecular weight excluding hydrogens is 260 g/mol. The molecule has 0 heterocycles. The molecular formula is C15H23ClN2O. The summed E-state index contributed by atoms with van der Waals surface area (Å²) in [6.07, 6.45) is 1.94. The highest BCUT2D eigenvalue weighted by molar-refractivity contribution is 6.18. The monoisotopic (exact) mass is 282 g/mol. The van der Waals surface area contributed by atoms with Gasteiger partial charge in [0, 0.05) is 17.6 Å². The molecule has 3 nitrogen and oxygen atoms in total. The zero-order valence-electron chi connectivity index (χ0n) is 11.9. The van der Waals surface area contributed by atoms with Crippen LogP contribution in [0, 0.1) is 0 Å². The maximum atomic E-state index is 11.7. The van der Waals surface area contributed by atoms with Crippen LogP contribution in [-0.4, -0.2) is 18.0 Å². The second-order valence-electron chi connectivity index (χ2n) is 4.79. The number of halogens is 1. The number of amides is 2. The van der Waals surface area contributed by atoms with Gasteiger partial charge in [-0.15, -0.1) is 11.6 Å². The first kappa shape index (κ1) is 15.8. The maximum Gasteiger partial charge on any atom is 0.319 e. The third-order valence-electron chi connectivity index (χ3n) is 3.36. The molecule has 1 aromatic carbocycles. The van der Waals surface area contributed by atoms with Crippen molar-refractivity contribution < 1.29 is 4.79 Å². The Balaban J connectivity index is 2.55. The smallest absolute Gasteiger partial charge is 0.319 e. The fourth-order valence-corrected chi connectivity index (χ4v) is 2.03. The predicted molar refractivity (Wildman–Crippen MR) is 82.1 cm³/mol. The van der Waals surface area contributed by atoms with Gasteiger partial charge < -0.3 is 10.6 Å². The number of urea groups is 1. The number of alkyl halides is 1. The summed E-state index contributed by atoms with van der Waals surface area (Å²) in [4.78, 5) is 11.7. The van der Waals surface area contributed by atoms with Gasteiger partial charge in [-0.1, -0.05) is 32.9 Å². The lowest BCUT2D eigenvalue weighted by atomic mass is 9.99. The van der Waals surface area contributed by atoms with Gasteiger partial charge in [-0.25, -0.2) is 4.79 Å². The average Bonchev–Trinajstić information content (AvgIpc) is 2.44. The first-order valence-corrected chi connectivity index (χ1v) is 7.37. The van der Waals surface area contributed by atoms with E-state index in [1.54, 1.807) is 0 Å². The van der Waals surface area contributed by atoms with Gasteiger partial charge in [-0.3, -0.25) is 0 Å². The highest BCUT2D eigenvalue weighted by atomic mass is 35.5. The predicted octanol–water partition coefficient (Wildman–Crippen LogP) is 4.34. The summed E-state index contributed by atoms with van der Waals surface area (Å²) >= 11 is 5.74. The molecule has 0 aromatic heterocycles. The van der Waals surface area contributed by atoms with Crippen molar-refractivity contribution in [3.63, 3.8) is 0 Å². The van der Waals surface area contributed by atoms with Crippen molar-refractivity contribution in [2.24, 2.45) is 0 Å². The Hall–Kier alpha value is -1.22. The lowest BCUT2D eigenvalue weighted by Gasteiger charge is -2.15. The van der Waals surface area contributed by atoms with Crippen molar-refractivity contribution >= 4 is 23.3 Å². The van der Waals surface area contributed by atoms with Crippen LogP contribution in [-0.2, 0) is 0 Å². The second kappa shape index (κ2) is 8.05. The van der Waals surface area contributed by atoms with Crippen LogP contribution in [0.1, 0.15) is 45.1 Å². The zero-order valence-corrected chi connectivity index (χ0v) is 12.6. The maximum absolute atomic E-state index is 11.7. The molecule has 0 saturated carbocycles. The molecule has 1 aromatic rings. The minimum atomic E-state index is -0.205. The summed E-state index contributed by atoms with van der Waals surface area (Å²) in [5.74, 6) is 0.972. The summed E-state index contributed by atoms with van der Waals surface area (Å²) in [6.45, 7) is 6.36. The molecule has 0 unspecified atom stereocenters. The van der Waals surface area contributed by atoms with E-state index in [1.807, 2.05) is 19.1 Å².